The number of carboxylic acid groups (broad SMARTS) is 1. The zero-order chi connectivity index (χ0) is 13.0. The van der Waals surface area contributed by atoms with Crippen LogP contribution < -0.4 is 5.32 Å². The maximum absolute atomic E-state index is 11.8. The molecule has 0 radical (unpaired) electrons. The summed E-state index contributed by atoms with van der Waals surface area (Å²) in [7, 11) is 0. The van der Waals surface area contributed by atoms with E-state index in [1.54, 1.807) is 0 Å². The first-order chi connectivity index (χ1) is 8.62. The molecule has 0 aromatic heterocycles. The molecule has 0 aromatic rings. The van der Waals surface area contributed by atoms with Gasteiger partial charge in [0.25, 0.3) is 0 Å². The Bertz CT molecular complexity index is 322. The van der Waals surface area contributed by atoms with Crippen LogP contribution in [0.3, 0.4) is 0 Å². The molecule has 1 aliphatic heterocycles. The van der Waals surface area contributed by atoms with Gasteiger partial charge >= 0.3 is 5.97 Å². The summed E-state index contributed by atoms with van der Waals surface area (Å²) < 4.78 is 0. The summed E-state index contributed by atoms with van der Waals surface area (Å²) in [5.41, 5.74) is -0.757. The number of aliphatic carboxylic acids is 1. The summed E-state index contributed by atoms with van der Waals surface area (Å²) in [5, 5.41) is 12.1. The van der Waals surface area contributed by atoms with Crippen molar-refractivity contribution in [3.63, 3.8) is 0 Å². The first-order valence-corrected chi connectivity index (χ1v) is 7.86. The number of hydrogen-bond acceptors (Lipinski definition) is 3. The Kier molecular flexibility index (Phi) is 4.54. The van der Waals surface area contributed by atoms with Crippen LogP contribution >= 0.6 is 11.8 Å². The molecule has 102 valence electrons. The van der Waals surface area contributed by atoms with Crippen LogP contribution in [0.4, 0.5) is 0 Å². The SMILES string of the molecule is O=C(CC1(C(=O)O)CCC1)NCC1CCSCC1. The molecule has 0 atom stereocenters. The molecular formula is C13H21NO3S. The van der Waals surface area contributed by atoms with Crippen LogP contribution in [0, 0.1) is 11.3 Å². The van der Waals surface area contributed by atoms with Crippen molar-refractivity contribution in [1.29, 1.82) is 0 Å². The van der Waals surface area contributed by atoms with Crippen LogP contribution in [-0.4, -0.2) is 35.0 Å². The van der Waals surface area contributed by atoms with E-state index in [9.17, 15) is 9.59 Å². The van der Waals surface area contributed by atoms with Crippen LogP contribution in [0.5, 0.6) is 0 Å². The Morgan fingerprint density at radius 3 is 2.44 bits per heavy atom. The van der Waals surface area contributed by atoms with Gasteiger partial charge in [0.05, 0.1) is 5.41 Å². The van der Waals surface area contributed by atoms with E-state index < -0.39 is 11.4 Å². The largest absolute Gasteiger partial charge is 0.481 e. The van der Waals surface area contributed by atoms with Gasteiger partial charge in [-0.3, -0.25) is 9.59 Å². The lowest BCUT2D eigenvalue weighted by Crippen LogP contribution is -2.43. The third-order valence-corrected chi connectivity index (χ3v) is 5.24. The summed E-state index contributed by atoms with van der Waals surface area (Å²) in [4.78, 5) is 23.0. The summed E-state index contributed by atoms with van der Waals surface area (Å²) in [6.45, 7) is 0.717. The molecule has 2 N–H and O–H groups in total. The highest BCUT2D eigenvalue weighted by Crippen LogP contribution is 2.44. The van der Waals surface area contributed by atoms with E-state index in [1.165, 1.54) is 11.5 Å². The van der Waals surface area contributed by atoms with Crippen LogP contribution in [0.2, 0.25) is 0 Å². The lowest BCUT2D eigenvalue weighted by molar-refractivity contribution is -0.157. The van der Waals surface area contributed by atoms with Crippen molar-refractivity contribution in [3.05, 3.63) is 0 Å². The first-order valence-electron chi connectivity index (χ1n) is 6.70. The Morgan fingerprint density at radius 2 is 1.94 bits per heavy atom. The summed E-state index contributed by atoms with van der Waals surface area (Å²) in [5.74, 6) is 2.05. The zero-order valence-corrected chi connectivity index (χ0v) is 11.4. The molecule has 5 heteroatoms. The van der Waals surface area contributed by atoms with E-state index in [0.29, 0.717) is 18.8 Å². The molecule has 1 heterocycles. The van der Waals surface area contributed by atoms with Gasteiger partial charge in [0.2, 0.25) is 5.91 Å². The molecule has 1 amide bonds. The number of rotatable bonds is 5. The minimum Gasteiger partial charge on any atom is -0.481 e. The molecule has 1 saturated carbocycles. The maximum atomic E-state index is 11.8. The van der Waals surface area contributed by atoms with Gasteiger partial charge in [-0.05, 0) is 43.1 Å². The minimum atomic E-state index is -0.807. The zero-order valence-electron chi connectivity index (χ0n) is 10.6. The second kappa shape index (κ2) is 5.95. The number of amides is 1. The first kappa shape index (κ1) is 13.7. The molecule has 1 saturated heterocycles. The van der Waals surface area contributed by atoms with Crippen molar-refractivity contribution in [2.45, 2.75) is 38.5 Å². The fourth-order valence-corrected chi connectivity index (χ4v) is 3.85. The van der Waals surface area contributed by atoms with Gasteiger partial charge in [-0.2, -0.15) is 11.8 Å². The average molecular weight is 271 g/mol. The van der Waals surface area contributed by atoms with Crippen molar-refractivity contribution >= 4 is 23.6 Å². The molecule has 18 heavy (non-hydrogen) atoms. The monoisotopic (exact) mass is 271 g/mol. The highest BCUT2D eigenvalue weighted by Gasteiger charge is 2.45. The third kappa shape index (κ3) is 3.19. The van der Waals surface area contributed by atoms with Gasteiger partial charge < -0.3 is 10.4 Å². The van der Waals surface area contributed by atoms with E-state index in [4.69, 9.17) is 5.11 Å². The molecule has 2 rings (SSSR count). The van der Waals surface area contributed by atoms with Gasteiger partial charge in [-0.25, -0.2) is 0 Å². The second-order valence-electron chi connectivity index (χ2n) is 5.48. The maximum Gasteiger partial charge on any atom is 0.310 e. The Balaban J connectivity index is 1.73. The van der Waals surface area contributed by atoms with E-state index in [1.807, 2.05) is 11.8 Å². The normalized spacial score (nSPS) is 23.1. The molecular weight excluding hydrogens is 250 g/mol. The molecule has 2 fully saturated rings. The molecule has 0 aromatic carbocycles. The fraction of sp³-hybridized carbons (Fsp3) is 0.846. The molecule has 0 bridgehead atoms. The third-order valence-electron chi connectivity index (χ3n) is 4.19. The Labute approximate surface area is 112 Å². The number of carboxylic acids is 1. The van der Waals surface area contributed by atoms with E-state index in [2.05, 4.69) is 5.32 Å². The Morgan fingerprint density at radius 1 is 1.28 bits per heavy atom. The van der Waals surface area contributed by atoms with Gasteiger partial charge in [-0.15, -0.1) is 0 Å². The van der Waals surface area contributed by atoms with Crippen molar-refractivity contribution in [3.8, 4) is 0 Å². The fourth-order valence-electron chi connectivity index (χ4n) is 2.65. The molecule has 1 aliphatic carbocycles. The summed E-state index contributed by atoms with van der Waals surface area (Å²) in [6.07, 6.45) is 4.71. The number of carbonyl (C=O) groups excluding carboxylic acids is 1. The topological polar surface area (TPSA) is 66.4 Å². The lowest BCUT2D eigenvalue weighted by atomic mass is 9.66. The number of carbonyl (C=O) groups is 2. The van der Waals surface area contributed by atoms with E-state index in [-0.39, 0.29) is 12.3 Å². The quantitative estimate of drug-likeness (QED) is 0.801. The molecule has 0 spiro atoms. The van der Waals surface area contributed by atoms with Crippen molar-refractivity contribution < 1.29 is 14.7 Å². The standard InChI is InChI=1S/C13H21NO3S/c15-11(8-13(12(16)17)4-1-5-13)14-9-10-2-6-18-7-3-10/h10H,1-9H2,(H,14,15)(H,16,17). The van der Waals surface area contributed by atoms with E-state index in [0.717, 1.165) is 25.8 Å². The van der Waals surface area contributed by atoms with Crippen LogP contribution in [0.15, 0.2) is 0 Å². The smallest absolute Gasteiger partial charge is 0.310 e. The number of nitrogens with one attached hydrogen (secondary N) is 1. The molecule has 2 aliphatic rings. The lowest BCUT2D eigenvalue weighted by Gasteiger charge is -2.37. The van der Waals surface area contributed by atoms with Gasteiger partial charge in [0.15, 0.2) is 0 Å². The van der Waals surface area contributed by atoms with Crippen LogP contribution in [-0.2, 0) is 9.59 Å². The predicted molar refractivity (Wildman–Crippen MR) is 71.6 cm³/mol. The van der Waals surface area contributed by atoms with Gasteiger partial charge in [-0.1, -0.05) is 6.42 Å². The minimum absolute atomic E-state index is 0.0877. The summed E-state index contributed by atoms with van der Waals surface area (Å²) >= 11 is 1.97. The number of thioether (sulfide) groups is 1. The highest BCUT2D eigenvalue weighted by atomic mass is 32.2. The van der Waals surface area contributed by atoms with Crippen LogP contribution in [0.25, 0.3) is 0 Å². The van der Waals surface area contributed by atoms with E-state index >= 15 is 0 Å². The highest BCUT2D eigenvalue weighted by molar-refractivity contribution is 7.99. The van der Waals surface area contributed by atoms with Gasteiger partial charge in [0.1, 0.15) is 0 Å². The second-order valence-corrected chi connectivity index (χ2v) is 6.70. The molecule has 0 unspecified atom stereocenters. The summed E-state index contributed by atoms with van der Waals surface area (Å²) in [6, 6.07) is 0. The number of hydrogen-bond donors (Lipinski definition) is 2. The van der Waals surface area contributed by atoms with Crippen molar-refractivity contribution in [2.75, 3.05) is 18.1 Å². The Hall–Kier alpha value is -0.710. The van der Waals surface area contributed by atoms with Crippen LogP contribution in [0.1, 0.15) is 38.5 Å². The average Bonchev–Trinajstić information content (AvgIpc) is 2.32. The van der Waals surface area contributed by atoms with Crippen molar-refractivity contribution in [2.24, 2.45) is 11.3 Å². The predicted octanol–water partition coefficient (Wildman–Crippen LogP) is 1.89. The van der Waals surface area contributed by atoms with Crippen molar-refractivity contribution in [1.82, 2.24) is 5.32 Å². The molecule has 4 nitrogen and oxygen atoms in total. The van der Waals surface area contributed by atoms with Gasteiger partial charge in [0, 0.05) is 13.0 Å².